The van der Waals surface area contributed by atoms with Crippen molar-refractivity contribution < 1.29 is 9.18 Å². The summed E-state index contributed by atoms with van der Waals surface area (Å²) in [6.07, 6.45) is 6.14. The number of amides is 1. The molecule has 2 aromatic heterocycles. The first-order valence-electron chi connectivity index (χ1n) is 5.85. The van der Waals surface area contributed by atoms with Crippen LogP contribution in [0.15, 0.2) is 24.7 Å². The van der Waals surface area contributed by atoms with Gasteiger partial charge in [0.15, 0.2) is 11.6 Å². The van der Waals surface area contributed by atoms with Gasteiger partial charge in [0.1, 0.15) is 5.82 Å². The van der Waals surface area contributed by atoms with Crippen molar-refractivity contribution in [2.45, 2.75) is 12.8 Å². The molecule has 2 rings (SSSR count). The number of nitrogen functional groups attached to an aromatic ring is 1. The van der Waals surface area contributed by atoms with E-state index in [1.54, 1.807) is 12.4 Å². The van der Waals surface area contributed by atoms with E-state index in [0.717, 1.165) is 5.82 Å². The van der Waals surface area contributed by atoms with Gasteiger partial charge >= 0.3 is 0 Å². The summed E-state index contributed by atoms with van der Waals surface area (Å²) in [7, 11) is 0. The van der Waals surface area contributed by atoms with Gasteiger partial charge in [0, 0.05) is 31.6 Å². The van der Waals surface area contributed by atoms with Crippen molar-refractivity contribution in [3.63, 3.8) is 0 Å². The van der Waals surface area contributed by atoms with Crippen LogP contribution in [0.2, 0.25) is 0 Å². The number of aromatic amines is 1. The first-order valence-corrected chi connectivity index (χ1v) is 5.85. The fourth-order valence-electron chi connectivity index (χ4n) is 1.62. The number of imidazole rings is 1. The van der Waals surface area contributed by atoms with E-state index >= 15 is 0 Å². The third-order valence-electron chi connectivity index (χ3n) is 2.59. The standard InChI is InChI=1S/C12H14FN5O/c13-10-8(3-5-17-11(10)14)12(19)18-4-1-2-9-15-6-7-16-9/h3,5-7H,1-2,4H2,(H2,14,17)(H,15,16)(H,18,19). The molecule has 0 aromatic carbocycles. The number of nitrogens with two attached hydrogens (primary N) is 1. The molecule has 0 radical (unpaired) electrons. The van der Waals surface area contributed by atoms with E-state index in [0.29, 0.717) is 19.4 Å². The molecule has 0 saturated carbocycles. The lowest BCUT2D eigenvalue weighted by atomic mass is 10.2. The molecule has 0 aliphatic carbocycles. The number of aromatic nitrogens is 3. The number of carbonyl (C=O) groups is 1. The minimum absolute atomic E-state index is 0.0921. The Labute approximate surface area is 109 Å². The Morgan fingerprint density at radius 1 is 1.42 bits per heavy atom. The van der Waals surface area contributed by atoms with E-state index < -0.39 is 11.7 Å². The molecule has 0 aliphatic rings. The number of halogens is 1. The van der Waals surface area contributed by atoms with Gasteiger partial charge in [0.05, 0.1) is 5.56 Å². The number of nitrogens with one attached hydrogen (secondary N) is 2. The average Bonchev–Trinajstić information content (AvgIpc) is 2.91. The highest BCUT2D eigenvalue weighted by molar-refractivity contribution is 5.95. The fourth-order valence-corrected chi connectivity index (χ4v) is 1.62. The van der Waals surface area contributed by atoms with Gasteiger partial charge in [0.25, 0.3) is 5.91 Å². The van der Waals surface area contributed by atoms with Crippen LogP contribution in [0.25, 0.3) is 0 Å². The van der Waals surface area contributed by atoms with E-state index in [1.807, 2.05) is 0 Å². The minimum atomic E-state index is -0.786. The van der Waals surface area contributed by atoms with Crippen molar-refractivity contribution in [3.8, 4) is 0 Å². The fraction of sp³-hybridized carbons (Fsp3) is 0.250. The van der Waals surface area contributed by atoms with Crippen molar-refractivity contribution in [3.05, 3.63) is 41.9 Å². The predicted octanol–water partition coefficient (Wildman–Crippen LogP) is 0.889. The van der Waals surface area contributed by atoms with Crippen LogP contribution in [0.5, 0.6) is 0 Å². The summed E-state index contributed by atoms with van der Waals surface area (Å²) in [5.41, 5.74) is 5.21. The van der Waals surface area contributed by atoms with Gasteiger partial charge in [-0.2, -0.15) is 0 Å². The molecule has 2 aromatic rings. The molecule has 6 nitrogen and oxygen atoms in total. The van der Waals surface area contributed by atoms with E-state index in [1.165, 1.54) is 12.3 Å². The van der Waals surface area contributed by atoms with E-state index in [4.69, 9.17) is 5.73 Å². The van der Waals surface area contributed by atoms with Crippen molar-refractivity contribution in [2.75, 3.05) is 12.3 Å². The van der Waals surface area contributed by atoms with Gasteiger partial charge in [-0.05, 0) is 12.5 Å². The molecular weight excluding hydrogens is 249 g/mol. The molecule has 100 valence electrons. The molecule has 7 heteroatoms. The number of H-pyrrole nitrogens is 1. The Morgan fingerprint density at radius 2 is 2.26 bits per heavy atom. The second kappa shape index (κ2) is 5.94. The topological polar surface area (TPSA) is 96.7 Å². The first kappa shape index (κ1) is 13.0. The third-order valence-corrected chi connectivity index (χ3v) is 2.59. The maximum absolute atomic E-state index is 13.5. The highest BCUT2D eigenvalue weighted by Crippen LogP contribution is 2.11. The Hall–Kier alpha value is -2.44. The number of hydrogen-bond donors (Lipinski definition) is 3. The van der Waals surface area contributed by atoms with Gasteiger partial charge in [-0.25, -0.2) is 14.4 Å². The van der Waals surface area contributed by atoms with Crippen molar-refractivity contribution >= 4 is 11.7 Å². The molecule has 0 saturated heterocycles. The predicted molar refractivity (Wildman–Crippen MR) is 67.8 cm³/mol. The quantitative estimate of drug-likeness (QED) is 0.698. The Bertz CT molecular complexity index is 555. The Balaban J connectivity index is 1.83. The number of anilines is 1. The van der Waals surface area contributed by atoms with Crippen LogP contribution in [-0.4, -0.2) is 27.4 Å². The molecule has 4 N–H and O–H groups in total. The van der Waals surface area contributed by atoms with Gasteiger partial charge in [0.2, 0.25) is 0 Å². The number of aryl methyl sites for hydroxylation is 1. The second-order valence-corrected chi connectivity index (χ2v) is 3.95. The highest BCUT2D eigenvalue weighted by Gasteiger charge is 2.13. The largest absolute Gasteiger partial charge is 0.381 e. The monoisotopic (exact) mass is 263 g/mol. The Morgan fingerprint density at radius 3 is 3.00 bits per heavy atom. The van der Waals surface area contributed by atoms with Crippen LogP contribution in [0, 0.1) is 5.82 Å². The summed E-state index contributed by atoms with van der Waals surface area (Å²) >= 11 is 0. The Kier molecular flexibility index (Phi) is 4.07. The van der Waals surface area contributed by atoms with Crippen molar-refractivity contribution in [1.82, 2.24) is 20.3 Å². The van der Waals surface area contributed by atoms with Crippen LogP contribution in [0.4, 0.5) is 10.2 Å². The van der Waals surface area contributed by atoms with Crippen LogP contribution < -0.4 is 11.1 Å². The SMILES string of the molecule is Nc1nccc(C(=O)NCCCc2ncc[nH]2)c1F. The average molecular weight is 263 g/mol. The number of nitrogens with zero attached hydrogens (tertiary/aromatic N) is 2. The summed E-state index contributed by atoms with van der Waals surface area (Å²) in [5.74, 6) is -0.700. The van der Waals surface area contributed by atoms with E-state index in [-0.39, 0.29) is 11.4 Å². The van der Waals surface area contributed by atoms with Crippen LogP contribution in [0.1, 0.15) is 22.6 Å². The number of pyridine rings is 1. The lowest BCUT2D eigenvalue weighted by Gasteiger charge is -2.06. The molecule has 19 heavy (non-hydrogen) atoms. The second-order valence-electron chi connectivity index (χ2n) is 3.95. The lowest BCUT2D eigenvalue weighted by Crippen LogP contribution is -2.26. The van der Waals surface area contributed by atoms with Crippen molar-refractivity contribution in [2.24, 2.45) is 0 Å². The summed E-state index contributed by atoms with van der Waals surface area (Å²) in [6.45, 7) is 0.432. The smallest absolute Gasteiger partial charge is 0.254 e. The van der Waals surface area contributed by atoms with Gasteiger partial charge in [-0.3, -0.25) is 4.79 Å². The molecular formula is C12H14FN5O. The van der Waals surface area contributed by atoms with Crippen LogP contribution in [-0.2, 0) is 6.42 Å². The van der Waals surface area contributed by atoms with Gasteiger partial charge in [-0.15, -0.1) is 0 Å². The summed E-state index contributed by atoms with van der Waals surface area (Å²) in [6, 6.07) is 1.30. The summed E-state index contributed by atoms with van der Waals surface area (Å²) in [5, 5.41) is 2.63. The zero-order valence-corrected chi connectivity index (χ0v) is 10.2. The molecule has 0 bridgehead atoms. The normalized spacial score (nSPS) is 10.4. The molecule has 0 spiro atoms. The van der Waals surface area contributed by atoms with E-state index in [9.17, 15) is 9.18 Å². The minimum Gasteiger partial charge on any atom is -0.381 e. The molecule has 0 atom stereocenters. The zero-order valence-electron chi connectivity index (χ0n) is 10.2. The van der Waals surface area contributed by atoms with Crippen LogP contribution in [0.3, 0.4) is 0 Å². The van der Waals surface area contributed by atoms with Crippen molar-refractivity contribution in [1.29, 1.82) is 0 Å². The van der Waals surface area contributed by atoms with E-state index in [2.05, 4.69) is 20.3 Å². The van der Waals surface area contributed by atoms with Crippen LogP contribution >= 0.6 is 0 Å². The molecule has 2 heterocycles. The lowest BCUT2D eigenvalue weighted by molar-refractivity contribution is 0.0949. The molecule has 0 unspecified atom stereocenters. The summed E-state index contributed by atoms with van der Waals surface area (Å²) in [4.78, 5) is 22.3. The van der Waals surface area contributed by atoms with Gasteiger partial charge in [-0.1, -0.05) is 0 Å². The summed E-state index contributed by atoms with van der Waals surface area (Å²) < 4.78 is 13.5. The number of carbonyl (C=O) groups excluding carboxylic acids is 1. The zero-order chi connectivity index (χ0) is 13.7. The number of hydrogen-bond acceptors (Lipinski definition) is 4. The molecule has 1 amide bonds. The maximum Gasteiger partial charge on any atom is 0.254 e. The highest BCUT2D eigenvalue weighted by atomic mass is 19.1. The maximum atomic E-state index is 13.5. The van der Waals surface area contributed by atoms with Gasteiger partial charge < -0.3 is 16.0 Å². The molecule has 0 fully saturated rings. The first-order chi connectivity index (χ1) is 9.18. The third kappa shape index (κ3) is 3.27. The number of rotatable bonds is 5. The molecule has 0 aliphatic heterocycles.